The molecular weight excluding hydrogens is 277 g/mol. The monoisotopic (exact) mass is 300 g/mol. The molecule has 1 aliphatic carbocycles. The van der Waals surface area contributed by atoms with E-state index < -0.39 is 0 Å². The molecule has 0 heterocycles. The van der Waals surface area contributed by atoms with Gasteiger partial charge in [-0.3, -0.25) is 0 Å². The van der Waals surface area contributed by atoms with E-state index in [-0.39, 0.29) is 5.82 Å². The highest BCUT2D eigenvalue weighted by Gasteiger charge is 2.18. The first-order chi connectivity index (χ1) is 10.8. The Morgan fingerprint density at radius 2 is 1.73 bits per heavy atom. The molecule has 0 saturated heterocycles. The van der Waals surface area contributed by atoms with Gasteiger partial charge in [-0.25, -0.2) is 4.39 Å². The van der Waals surface area contributed by atoms with Crippen LogP contribution in [0.2, 0.25) is 0 Å². The molecule has 0 spiro atoms. The summed E-state index contributed by atoms with van der Waals surface area (Å²) in [6.45, 7) is 1.44. The molecule has 3 rings (SSSR count). The molecule has 3 heteroatoms. The fraction of sp³-hybridized carbons (Fsp3) is 0.368. The molecule has 0 amide bonds. The van der Waals surface area contributed by atoms with Crippen molar-refractivity contribution in [1.82, 2.24) is 0 Å². The van der Waals surface area contributed by atoms with E-state index in [1.54, 1.807) is 12.1 Å². The van der Waals surface area contributed by atoms with Crippen LogP contribution in [0.1, 0.15) is 36.8 Å². The fourth-order valence-electron chi connectivity index (χ4n) is 3.04. The number of para-hydroxylation sites is 1. The highest BCUT2D eigenvalue weighted by molar-refractivity contribution is 5.32. The third-order valence-electron chi connectivity index (χ3n) is 4.35. The van der Waals surface area contributed by atoms with Gasteiger partial charge in [0.05, 0.1) is 6.04 Å². The van der Waals surface area contributed by atoms with Crippen LogP contribution in [0.15, 0.2) is 48.5 Å². The number of quaternary nitrogens is 1. The maximum Gasteiger partial charge on any atom is 0.128 e. The number of hydrogen-bond donors (Lipinski definition) is 1. The molecule has 1 fully saturated rings. The number of rotatable bonds is 6. The van der Waals surface area contributed by atoms with Gasteiger partial charge in [-0.05, 0) is 55.5 Å². The first-order valence-corrected chi connectivity index (χ1v) is 8.10. The van der Waals surface area contributed by atoms with Gasteiger partial charge < -0.3 is 10.1 Å². The minimum atomic E-state index is -0.213. The second kappa shape index (κ2) is 7.41. The van der Waals surface area contributed by atoms with Crippen LogP contribution >= 0.6 is 0 Å². The van der Waals surface area contributed by atoms with Gasteiger partial charge in [-0.2, -0.15) is 0 Å². The predicted octanol–water partition coefficient (Wildman–Crippen LogP) is 3.41. The highest BCUT2D eigenvalue weighted by Crippen LogP contribution is 2.19. The molecule has 1 aliphatic rings. The van der Waals surface area contributed by atoms with E-state index in [0.717, 1.165) is 23.9 Å². The Balaban J connectivity index is 1.59. The largest absolute Gasteiger partial charge is 0.488 e. The van der Waals surface area contributed by atoms with Crippen molar-refractivity contribution in [2.75, 3.05) is 0 Å². The Morgan fingerprint density at radius 3 is 2.50 bits per heavy atom. The summed E-state index contributed by atoms with van der Waals surface area (Å²) < 4.78 is 18.9. The number of nitrogens with two attached hydrogens (primary N) is 1. The molecule has 0 atom stereocenters. The van der Waals surface area contributed by atoms with E-state index in [9.17, 15) is 4.39 Å². The van der Waals surface area contributed by atoms with Crippen molar-refractivity contribution in [3.63, 3.8) is 0 Å². The molecule has 0 unspecified atom stereocenters. The molecule has 1 saturated carbocycles. The van der Waals surface area contributed by atoms with Gasteiger partial charge in [0.25, 0.3) is 0 Å². The van der Waals surface area contributed by atoms with Crippen molar-refractivity contribution in [3.8, 4) is 5.75 Å². The van der Waals surface area contributed by atoms with Crippen LogP contribution < -0.4 is 10.1 Å². The lowest BCUT2D eigenvalue weighted by Crippen LogP contribution is -2.87. The van der Waals surface area contributed by atoms with Crippen LogP contribution in [0.4, 0.5) is 4.39 Å². The standard InChI is InChI=1S/C19H22FNO/c20-17-11-9-15(10-12-17)14-22-19-8-4-1-5-16(19)13-21-18-6-2-3-7-18/h1,4-5,8-12,18,21H,2-3,6-7,13-14H2/p+1. The van der Waals surface area contributed by atoms with E-state index in [0.29, 0.717) is 6.61 Å². The summed E-state index contributed by atoms with van der Waals surface area (Å²) >= 11 is 0. The van der Waals surface area contributed by atoms with Crippen LogP contribution in [0.25, 0.3) is 0 Å². The maximum absolute atomic E-state index is 12.9. The summed E-state index contributed by atoms with van der Waals surface area (Å²) in [6, 6.07) is 15.4. The summed E-state index contributed by atoms with van der Waals surface area (Å²) in [7, 11) is 0. The Labute approximate surface area is 131 Å². The van der Waals surface area contributed by atoms with Gasteiger partial charge in [0.15, 0.2) is 0 Å². The predicted molar refractivity (Wildman–Crippen MR) is 85.1 cm³/mol. The average Bonchev–Trinajstić information content (AvgIpc) is 3.07. The van der Waals surface area contributed by atoms with Crippen LogP contribution in [-0.4, -0.2) is 6.04 Å². The quantitative estimate of drug-likeness (QED) is 0.869. The fourth-order valence-corrected chi connectivity index (χ4v) is 3.04. The van der Waals surface area contributed by atoms with Gasteiger partial charge in [-0.15, -0.1) is 0 Å². The van der Waals surface area contributed by atoms with Gasteiger partial charge in [0.2, 0.25) is 0 Å². The Morgan fingerprint density at radius 1 is 1.00 bits per heavy atom. The van der Waals surface area contributed by atoms with Crippen molar-refractivity contribution in [3.05, 3.63) is 65.5 Å². The second-order valence-corrected chi connectivity index (χ2v) is 6.01. The van der Waals surface area contributed by atoms with E-state index >= 15 is 0 Å². The van der Waals surface area contributed by atoms with Crippen molar-refractivity contribution in [2.45, 2.75) is 44.9 Å². The SMILES string of the molecule is Fc1ccc(COc2ccccc2C[NH2+]C2CCCC2)cc1. The Kier molecular flexibility index (Phi) is 5.07. The number of hydrogen-bond acceptors (Lipinski definition) is 1. The first kappa shape index (κ1) is 15.0. The summed E-state index contributed by atoms with van der Waals surface area (Å²) in [5, 5.41) is 2.44. The molecule has 2 aromatic carbocycles. The van der Waals surface area contributed by atoms with Crippen LogP contribution in [0.5, 0.6) is 5.75 Å². The molecule has 116 valence electrons. The lowest BCUT2D eigenvalue weighted by molar-refractivity contribution is -0.703. The van der Waals surface area contributed by atoms with Gasteiger partial charge in [0, 0.05) is 5.56 Å². The van der Waals surface area contributed by atoms with Crippen molar-refractivity contribution in [2.24, 2.45) is 0 Å². The number of halogens is 1. The topological polar surface area (TPSA) is 25.8 Å². The Hall–Kier alpha value is -1.87. The van der Waals surface area contributed by atoms with Gasteiger partial charge >= 0.3 is 0 Å². The third-order valence-corrected chi connectivity index (χ3v) is 4.35. The van der Waals surface area contributed by atoms with E-state index in [2.05, 4.69) is 17.4 Å². The lowest BCUT2D eigenvalue weighted by atomic mass is 10.1. The Bertz CT molecular complexity index is 591. The molecule has 2 nitrogen and oxygen atoms in total. The minimum Gasteiger partial charge on any atom is -0.488 e. The number of ether oxygens (including phenoxy) is 1. The third kappa shape index (κ3) is 4.08. The zero-order valence-corrected chi connectivity index (χ0v) is 12.8. The molecular formula is C19H23FNO+. The molecule has 2 N–H and O–H groups in total. The van der Waals surface area contributed by atoms with Gasteiger partial charge in [0.1, 0.15) is 24.7 Å². The van der Waals surface area contributed by atoms with Crippen molar-refractivity contribution >= 4 is 0 Å². The summed E-state index contributed by atoms with van der Waals surface area (Å²) in [4.78, 5) is 0. The van der Waals surface area contributed by atoms with E-state index in [1.165, 1.54) is 43.4 Å². The molecule has 0 aliphatic heterocycles. The van der Waals surface area contributed by atoms with Gasteiger partial charge in [-0.1, -0.05) is 24.3 Å². The molecule has 0 aromatic heterocycles. The molecule has 22 heavy (non-hydrogen) atoms. The van der Waals surface area contributed by atoms with Crippen LogP contribution in [0.3, 0.4) is 0 Å². The van der Waals surface area contributed by atoms with Crippen LogP contribution in [-0.2, 0) is 13.2 Å². The maximum atomic E-state index is 12.9. The minimum absolute atomic E-state index is 0.213. The second-order valence-electron chi connectivity index (χ2n) is 6.01. The van der Waals surface area contributed by atoms with Crippen molar-refractivity contribution < 1.29 is 14.4 Å². The van der Waals surface area contributed by atoms with E-state index in [4.69, 9.17) is 4.74 Å². The zero-order valence-electron chi connectivity index (χ0n) is 12.8. The highest BCUT2D eigenvalue weighted by atomic mass is 19.1. The lowest BCUT2D eigenvalue weighted by Gasteiger charge is -2.13. The smallest absolute Gasteiger partial charge is 0.128 e. The molecule has 0 bridgehead atoms. The zero-order chi connectivity index (χ0) is 15.2. The summed E-state index contributed by atoms with van der Waals surface area (Å²) in [5.41, 5.74) is 2.22. The summed E-state index contributed by atoms with van der Waals surface area (Å²) in [5.74, 6) is 0.719. The molecule has 2 aromatic rings. The van der Waals surface area contributed by atoms with Crippen molar-refractivity contribution in [1.29, 1.82) is 0 Å². The van der Waals surface area contributed by atoms with E-state index in [1.807, 2.05) is 12.1 Å². The molecule has 0 radical (unpaired) electrons. The number of benzene rings is 2. The first-order valence-electron chi connectivity index (χ1n) is 8.10. The summed E-state index contributed by atoms with van der Waals surface area (Å²) in [6.07, 6.45) is 5.39. The normalized spacial score (nSPS) is 15.1. The van der Waals surface area contributed by atoms with Crippen LogP contribution in [0, 0.1) is 5.82 Å². The average molecular weight is 300 g/mol.